The maximum atomic E-state index is 16.5. The number of ether oxygens (including phenoxy) is 2. The van der Waals surface area contributed by atoms with Gasteiger partial charge in [0.25, 0.3) is 0 Å². The second-order valence-electron chi connectivity index (χ2n) is 10.7. The van der Waals surface area contributed by atoms with Crippen LogP contribution in [0.1, 0.15) is 52.9 Å². The molecule has 1 amide bonds. The van der Waals surface area contributed by atoms with Crippen LogP contribution in [0, 0.1) is 11.7 Å². The van der Waals surface area contributed by atoms with Crippen LogP contribution in [0.4, 0.5) is 8.78 Å². The number of carbonyl (C=O) groups excluding carboxylic acids is 1. The van der Waals surface area contributed by atoms with E-state index in [4.69, 9.17) is 26.8 Å². The summed E-state index contributed by atoms with van der Waals surface area (Å²) < 4.78 is 45.3. The van der Waals surface area contributed by atoms with E-state index in [1.807, 2.05) is 30.3 Å². The van der Waals surface area contributed by atoms with Crippen molar-refractivity contribution in [2.24, 2.45) is 11.7 Å². The molecule has 10 heteroatoms. The molecule has 1 fully saturated rings. The van der Waals surface area contributed by atoms with E-state index >= 15 is 8.78 Å². The minimum Gasteiger partial charge on any atom is -0.480 e. The van der Waals surface area contributed by atoms with E-state index in [0.717, 1.165) is 24.9 Å². The summed E-state index contributed by atoms with van der Waals surface area (Å²) in [6.07, 6.45) is 2.31. The topological polar surface area (TPSA) is 91.4 Å². The first-order valence-electron chi connectivity index (χ1n) is 13.3. The lowest BCUT2D eigenvalue weighted by atomic mass is 9.70. The van der Waals surface area contributed by atoms with Crippen LogP contribution < -0.4 is 15.8 Å². The molecule has 0 saturated carbocycles. The van der Waals surface area contributed by atoms with Gasteiger partial charge in [0, 0.05) is 49.3 Å². The van der Waals surface area contributed by atoms with Gasteiger partial charge in [-0.25, -0.2) is 8.78 Å². The van der Waals surface area contributed by atoms with Crippen LogP contribution in [-0.2, 0) is 34.5 Å². The van der Waals surface area contributed by atoms with E-state index in [9.17, 15) is 4.79 Å². The first-order chi connectivity index (χ1) is 18.8. The summed E-state index contributed by atoms with van der Waals surface area (Å²) in [6, 6.07) is 11.1. The zero-order valence-electron chi connectivity index (χ0n) is 21.6. The number of amides is 1. The number of nitrogens with two attached hydrogens (primary N) is 1. The van der Waals surface area contributed by atoms with Gasteiger partial charge in [-0.1, -0.05) is 41.9 Å². The molecule has 1 saturated heterocycles. The van der Waals surface area contributed by atoms with Gasteiger partial charge < -0.3 is 20.5 Å². The second kappa shape index (κ2) is 10.2. The van der Waals surface area contributed by atoms with E-state index in [2.05, 4.69) is 10.4 Å². The SMILES string of the molecule is COCCn1cc2c(n1)CC(C(N)=O)C(c1c(Cl)c(F)cc3c1C[C@](c1ccccc1)([C@@H]1CCCN1)O3)C2F. The molecule has 2 aromatic carbocycles. The minimum absolute atomic E-state index is 0.0351. The van der Waals surface area contributed by atoms with Crippen molar-refractivity contribution in [3.8, 4) is 5.75 Å². The van der Waals surface area contributed by atoms with Crippen LogP contribution in [0.15, 0.2) is 42.6 Å². The van der Waals surface area contributed by atoms with Crippen LogP contribution in [0.5, 0.6) is 5.75 Å². The van der Waals surface area contributed by atoms with Gasteiger partial charge in [-0.05, 0) is 30.5 Å². The predicted octanol–water partition coefficient (Wildman–Crippen LogP) is 4.36. The Morgan fingerprint density at radius 2 is 2.15 bits per heavy atom. The molecular formula is C29H31ClF2N4O3. The zero-order chi connectivity index (χ0) is 27.3. The number of primary amides is 1. The van der Waals surface area contributed by atoms with E-state index in [1.54, 1.807) is 18.0 Å². The van der Waals surface area contributed by atoms with Crippen molar-refractivity contribution in [1.29, 1.82) is 0 Å². The number of nitrogens with one attached hydrogen (secondary N) is 1. The van der Waals surface area contributed by atoms with Gasteiger partial charge in [0.2, 0.25) is 5.91 Å². The number of aromatic nitrogens is 2. The number of hydrogen-bond acceptors (Lipinski definition) is 5. The van der Waals surface area contributed by atoms with E-state index < -0.39 is 35.3 Å². The van der Waals surface area contributed by atoms with E-state index in [0.29, 0.717) is 42.1 Å². The third kappa shape index (κ3) is 4.31. The van der Waals surface area contributed by atoms with Crippen molar-refractivity contribution in [2.45, 2.75) is 56.0 Å². The molecule has 39 heavy (non-hydrogen) atoms. The predicted molar refractivity (Wildman–Crippen MR) is 142 cm³/mol. The number of methoxy groups -OCH3 is 1. The second-order valence-corrected chi connectivity index (χ2v) is 11.1. The highest BCUT2D eigenvalue weighted by atomic mass is 35.5. The fourth-order valence-corrected chi connectivity index (χ4v) is 6.95. The molecule has 3 unspecified atom stereocenters. The molecule has 206 valence electrons. The first-order valence-corrected chi connectivity index (χ1v) is 13.7. The van der Waals surface area contributed by atoms with Crippen molar-refractivity contribution < 1.29 is 23.0 Å². The lowest BCUT2D eigenvalue weighted by molar-refractivity contribution is -0.123. The Bertz CT molecular complexity index is 1390. The molecule has 3 heterocycles. The molecule has 0 spiro atoms. The highest BCUT2D eigenvalue weighted by Gasteiger charge is 2.52. The molecule has 1 aromatic heterocycles. The molecule has 5 atom stereocenters. The van der Waals surface area contributed by atoms with Crippen molar-refractivity contribution in [2.75, 3.05) is 20.3 Å². The standard InChI is InChI=1S/C29H31ClF2N4O3/c1-38-11-10-36-15-19-21(35-36)12-17(28(33)37)25(27(19)32)24-18-14-29(23-8-5-9-34-23,16-6-3-2-4-7-16)39-22(18)13-20(31)26(24)30/h2-4,6-7,13,15,17,23,25,27,34H,5,8-12,14H2,1H3,(H2,33,37)/t17?,23-,25?,27?,29-/m0/s1. The van der Waals surface area contributed by atoms with Crippen LogP contribution in [-0.4, -0.2) is 42.0 Å². The van der Waals surface area contributed by atoms with Crippen molar-refractivity contribution in [3.63, 3.8) is 0 Å². The number of hydrogen-bond donors (Lipinski definition) is 2. The Morgan fingerprint density at radius 1 is 1.36 bits per heavy atom. The van der Waals surface area contributed by atoms with Gasteiger partial charge in [0.15, 0.2) is 5.60 Å². The Labute approximate surface area is 230 Å². The third-order valence-electron chi connectivity index (χ3n) is 8.50. The average Bonchev–Trinajstić information content (AvgIpc) is 3.68. The van der Waals surface area contributed by atoms with Crippen molar-refractivity contribution in [1.82, 2.24) is 15.1 Å². The number of benzene rings is 2. The molecule has 3 N–H and O–H groups in total. The smallest absolute Gasteiger partial charge is 0.221 e. The summed E-state index contributed by atoms with van der Waals surface area (Å²) in [7, 11) is 1.58. The highest BCUT2D eigenvalue weighted by Crippen LogP contribution is 2.55. The van der Waals surface area contributed by atoms with Gasteiger partial charge in [0.05, 0.1) is 35.8 Å². The van der Waals surface area contributed by atoms with Crippen molar-refractivity contribution in [3.05, 3.63) is 81.4 Å². The summed E-state index contributed by atoms with van der Waals surface area (Å²) in [5, 5.41) is 7.82. The van der Waals surface area contributed by atoms with Gasteiger partial charge in [-0.2, -0.15) is 5.10 Å². The number of carbonyl (C=O) groups is 1. The number of halogens is 3. The van der Waals surface area contributed by atoms with Gasteiger partial charge in [0.1, 0.15) is 17.7 Å². The van der Waals surface area contributed by atoms with Crippen LogP contribution in [0.2, 0.25) is 5.02 Å². The van der Waals surface area contributed by atoms with Gasteiger partial charge in [-0.15, -0.1) is 0 Å². The van der Waals surface area contributed by atoms with Gasteiger partial charge in [-0.3, -0.25) is 9.48 Å². The van der Waals surface area contributed by atoms with Crippen LogP contribution in [0.25, 0.3) is 0 Å². The molecule has 2 aliphatic heterocycles. The fourth-order valence-electron chi connectivity index (χ4n) is 6.66. The normalized spacial score (nSPS) is 27.7. The maximum Gasteiger partial charge on any atom is 0.221 e. The lowest BCUT2D eigenvalue weighted by Crippen LogP contribution is -2.49. The fraction of sp³-hybridized carbons (Fsp3) is 0.448. The molecule has 6 rings (SSSR count). The Balaban J connectivity index is 1.48. The van der Waals surface area contributed by atoms with Crippen LogP contribution in [0.3, 0.4) is 0 Å². The Hall–Kier alpha value is -3.01. The molecule has 7 nitrogen and oxygen atoms in total. The molecule has 0 bridgehead atoms. The Morgan fingerprint density at radius 3 is 2.85 bits per heavy atom. The quantitative estimate of drug-likeness (QED) is 0.451. The molecular weight excluding hydrogens is 526 g/mol. The lowest BCUT2D eigenvalue weighted by Gasteiger charge is -2.36. The number of rotatable bonds is 7. The minimum atomic E-state index is -1.66. The van der Waals surface area contributed by atoms with Gasteiger partial charge >= 0.3 is 0 Å². The molecule has 0 radical (unpaired) electrons. The summed E-state index contributed by atoms with van der Waals surface area (Å²) in [6.45, 7) is 1.67. The third-order valence-corrected chi connectivity index (χ3v) is 8.88. The number of alkyl halides is 1. The Kier molecular flexibility index (Phi) is 6.85. The maximum absolute atomic E-state index is 16.5. The van der Waals surface area contributed by atoms with Crippen molar-refractivity contribution >= 4 is 17.5 Å². The number of nitrogens with zero attached hydrogens (tertiary/aromatic N) is 2. The monoisotopic (exact) mass is 556 g/mol. The molecule has 1 aliphatic carbocycles. The zero-order valence-corrected chi connectivity index (χ0v) is 22.4. The van der Waals surface area contributed by atoms with E-state index in [1.165, 1.54) is 6.07 Å². The summed E-state index contributed by atoms with van der Waals surface area (Å²) in [4.78, 5) is 12.7. The highest BCUT2D eigenvalue weighted by molar-refractivity contribution is 6.31. The molecule has 3 aliphatic rings. The van der Waals surface area contributed by atoms with Crippen LogP contribution >= 0.6 is 11.6 Å². The van der Waals surface area contributed by atoms with E-state index in [-0.39, 0.29) is 23.0 Å². The summed E-state index contributed by atoms with van der Waals surface area (Å²) in [5.74, 6) is -3.12. The molecule has 3 aromatic rings. The largest absolute Gasteiger partial charge is 0.480 e. The first kappa shape index (κ1) is 26.2. The number of fused-ring (bicyclic) bond motifs is 2. The average molecular weight is 557 g/mol. The summed E-state index contributed by atoms with van der Waals surface area (Å²) in [5.41, 5.74) is 7.65. The summed E-state index contributed by atoms with van der Waals surface area (Å²) >= 11 is 6.64.